The molecule has 2 aromatic carbocycles. The molecule has 0 atom stereocenters. The number of anilines is 2. The number of nitrogens with one attached hydrogen (secondary N) is 3. The molecule has 3 N–H and O–H groups in total. The minimum absolute atomic E-state index is 0.0107. The molecular formula is C21H21N3O4. The Morgan fingerprint density at radius 3 is 2.61 bits per heavy atom. The summed E-state index contributed by atoms with van der Waals surface area (Å²) in [7, 11) is 0. The van der Waals surface area contributed by atoms with Gasteiger partial charge in [0, 0.05) is 29.4 Å². The van der Waals surface area contributed by atoms with E-state index in [0.717, 1.165) is 24.1 Å². The van der Waals surface area contributed by atoms with Gasteiger partial charge in [0.2, 0.25) is 5.91 Å². The maximum Gasteiger partial charge on any atom is 0.262 e. The molecule has 1 fully saturated rings. The first-order chi connectivity index (χ1) is 13.6. The van der Waals surface area contributed by atoms with Crippen LogP contribution in [0.1, 0.15) is 35.2 Å². The van der Waals surface area contributed by atoms with Crippen LogP contribution in [0, 0.1) is 0 Å². The number of fused-ring (bicyclic) bond motifs is 1. The number of carbonyl (C=O) groups is 3. The fourth-order valence-electron chi connectivity index (χ4n) is 3.00. The number of amides is 3. The zero-order valence-electron chi connectivity index (χ0n) is 15.3. The normalized spacial score (nSPS) is 15.2. The van der Waals surface area contributed by atoms with E-state index < -0.39 is 0 Å². The van der Waals surface area contributed by atoms with E-state index in [-0.39, 0.29) is 24.3 Å². The van der Waals surface area contributed by atoms with Crippen molar-refractivity contribution in [3.63, 3.8) is 0 Å². The fourth-order valence-corrected chi connectivity index (χ4v) is 3.00. The third-order valence-corrected chi connectivity index (χ3v) is 4.69. The molecule has 7 nitrogen and oxygen atoms in total. The van der Waals surface area contributed by atoms with Gasteiger partial charge in [-0.15, -0.1) is 0 Å². The van der Waals surface area contributed by atoms with Gasteiger partial charge in [0.25, 0.3) is 11.8 Å². The third-order valence-electron chi connectivity index (χ3n) is 4.69. The second-order valence-electron chi connectivity index (χ2n) is 7.03. The minimum atomic E-state index is -0.291. The molecule has 0 saturated heterocycles. The molecule has 1 aliphatic carbocycles. The van der Waals surface area contributed by atoms with Gasteiger partial charge in [-0.05, 0) is 67.3 Å². The molecule has 1 heterocycles. The predicted molar refractivity (Wildman–Crippen MR) is 104 cm³/mol. The van der Waals surface area contributed by atoms with E-state index in [1.165, 1.54) is 0 Å². The van der Waals surface area contributed by atoms with Gasteiger partial charge in [-0.2, -0.15) is 0 Å². The summed E-state index contributed by atoms with van der Waals surface area (Å²) in [6.07, 6.45) is 3.19. The smallest absolute Gasteiger partial charge is 0.262 e. The van der Waals surface area contributed by atoms with Crippen LogP contribution in [-0.2, 0) is 16.0 Å². The van der Waals surface area contributed by atoms with Crippen molar-refractivity contribution in [3.05, 3.63) is 53.6 Å². The highest BCUT2D eigenvalue weighted by Gasteiger charge is 2.23. The molecule has 2 aliphatic rings. The molecule has 1 saturated carbocycles. The number of hydrogen-bond acceptors (Lipinski definition) is 4. The number of hydrogen-bond donors (Lipinski definition) is 3. The fraction of sp³-hybridized carbons (Fsp3) is 0.286. The van der Waals surface area contributed by atoms with E-state index in [2.05, 4.69) is 16.0 Å². The molecule has 0 bridgehead atoms. The van der Waals surface area contributed by atoms with E-state index in [1.54, 1.807) is 36.4 Å². The van der Waals surface area contributed by atoms with Crippen LogP contribution in [0.15, 0.2) is 42.5 Å². The summed E-state index contributed by atoms with van der Waals surface area (Å²) in [4.78, 5) is 35.5. The number of rotatable bonds is 6. The van der Waals surface area contributed by atoms with Crippen LogP contribution in [0.4, 0.5) is 11.4 Å². The maximum absolute atomic E-state index is 12.1. The van der Waals surface area contributed by atoms with Crippen LogP contribution in [-0.4, -0.2) is 30.4 Å². The summed E-state index contributed by atoms with van der Waals surface area (Å²) < 4.78 is 5.56. The Hall–Kier alpha value is -3.35. The third kappa shape index (κ3) is 4.49. The Labute approximate surface area is 162 Å². The lowest BCUT2D eigenvalue weighted by Crippen LogP contribution is -2.25. The monoisotopic (exact) mass is 379 g/mol. The molecule has 0 aromatic heterocycles. The van der Waals surface area contributed by atoms with Crippen molar-refractivity contribution in [2.45, 2.75) is 31.7 Å². The van der Waals surface area contributed by atoms with Crippen LogP contribution in [0.5, 0.6) is 5.75 Å². The highest BCUT2D eigenvalue weighted by atomic mass is 16.5. The molecule has 28 heavy (non-hydrogen) atoms. The molecule has 4 rings (SSSR count). The Morgan fingerprint density at radius 2 is 1.86 bits per heavy atom. The van der Waals surface area contributed by atoms with Crippen LogP contribution in [0.3, 0.4) is 0 Å². The molecular weight excluding hydrogens is 358 g/mol. The SMILES string of the molecule is O=C(COc1ccc2c(c1)CCC(=O)N2)Nc1ccc(C(=O)NC2CC2)cc1. The summed E-state index contributed by atoms with van der Waals surface area (Å²) in [5.41, 5.74) is 2.96. The van der Waals surface area contributed by atoms with E-state index in [4.69, 9.17) is 4.74 Å². The summed E-state index contributed by atoms with van der Waals surface area (Å²) in [6, 6.07) is 12.4. The molecule has 3 amide bonds. The zero-order chi connectivity index (χ0) is 19.5. The number of ether oxygens (including phenoxy) is 1. The number of benzene rings is 2. The minimum Gasteiger partial charge on any atom is -0.484 e. The van der Waals surface area contributed by atoms with Gasteiger partial charge >= 0.3 is 0 Å². The lowest BCUT2D eigenvalue weighted by Gasteiger charge is -2.17. The van der Waals surface area contributed by atoms with Crippen molar-refractivity contribution in [1.29, 1.82) is 0 Å². The highest BCUT2D eigenvalue weighted by molar-refractivity contribution is 5.96. The van der Waals surface area contributed by atoms with Gasteiger partial charge in [0.1, 0.15) is 5.75 Å². The first-order valence-electron chi connectivity index (χ1n) is 9.33. The molecule has 1 aliphatic heterocycles. The van der Waals surface area contributed by atoms with E-state index in [0.29, 0.717) is 35.9 Å². The average Bonchev–Trinajstić information content (AvgIpc) is 3.51. The van der Waals surface area contributed by atoms with Crippen LogP contribution in [0.2, 0.25) is 0 Å². The second kappa shape index (κ2) is 7.72. The van der Waals surface area contributed by atoms with Gasteiger partial charge < -0.3 is 20.7 Å². The number of aryl methyl sites for hydroxylation is 1. The average molecular weight is 379 g/mol. The summed E-state index contributed by atoms with van der Waals surface area (Å²) in [5, 5.41) is 8.48. The van der Waals surface area contributed by atoms with Gasteiger partial charge in [-0.3, -0.25) is 14.4 Å². The Kier molecular flexibility index (Phi) is 4.97. The van der Waals surface area contributed by atoms with Crippen LogP contribution in [0.25, 0.3) is 0 Å². The molecule has 0 unspecified atom stereocenters. The molecule has 2 aromatic rings. The topological polar surface area (TPSA) is 96.5 Å². The molecule has 144 valence electrons. The van der Waals surface area contributed by atoms with Gasteiger partial charge in [0.05, 0.1) is 0 Å². The quantitative estimate of drug-likeness (QED) is 0.718. The highest BCUT2D eigenvalue weighted by Crippen LogP contribution is 2.26. The first kappa shape index (κ1) is 18.0. The van der Waals surface area contributed by atoms with Crippen molar-refractivity contribution in [1.82, 2.24) is 5.32 Å². The van der Waals surface area contributed by atoms with E-state index >= 15 is 0 Å². The van der Waals surface area contributed by atoms with Gasteiger partial charge in [-0.25, -0.2) is 0 Å². The largest absolute Gasteiger partial charge is 0.484 e. The van der Waals surface area contributed by atoms with Crippen molar-refractivity contribution in [2.24, 2.45) is 0 Å². The summed E-state index contributed by atoms with van der Waals surface area (Å²) in [6.45, 7) is -0.130. The van der Waals surface area contributed by atoms with Crippen molar-refractivity contribution >= 4 is 29.1 Å². The van der Waals surface area contributed by atoms with E-state index in [9.17, 15) is 14.4 Å². The lowest BCUT2D eigenvalue weighted by atomic mass is 10.0. The van der Waals surface area contributed by atoms with E-state index in [1.807, 2.05) is 6.07 Å². The lowest BCUT2D eigenvalue weighted by molar-refractivity contribution is -0.118. The standard InChI is InChI=1S/C21H21N3O4/c25-19-10-3-14-11-17(8-9-18(14)24-19)28-12-20(26)22-15-4-1-13(2-5-15)21(27)23-16-6-7-16/h1-2,4-5,8-9,11,16H,3,6-7,10,12H2,(H,22,26)(H,23,27)(H,24,25). The molecule has 0 spiro atoms. The second-order valence-corrected chi connectivity index (χ2v) is 7.03. The van der Waals surface area contributed by atoms with Crippen molar-refractivity contribution in [3.8, 4) is 5.75 Å². The zero-order valence-corrected chi connectivity index (χ0v) is 15.3. The van der Waals surface area contributed by atoms with Gasteiger partial charge in [0.15, 0.2) is 6.61 Å². The Balaban J connectivity index is 1.28. The molecule has 7 heteroatoms. The molecule has 0 radical (unpaired) electrons. The van der Waals surface area contributed by atoms with Crippen molar-refractivity contribution < 1.29 is 19.1 Å². The summed E-state index contributed by atoms with van der Waals surface area (Å²) >= 11 is 0. The predicted octanol–water partition coefficient (Wildman–Crippen LogP) is 2.48. The first-order valence-corrected chi connectivity index (χ1v) is 9.33. The number of carbonyl (C=O) groups excluding carboxylic acids is 3. The van der Waals surface area contributed by atoms with Crippen LogP contribution < -0.4 is 20.7 Å². The van der Waals surface area contributed by atoms with Crippen LogP contribution >= 0.6 is 0 Å². The van der Waals surface area contributed by atoms with Crippen molar-refractivity contribution in [2.75, 3.05) is 17.2 Å². The Bertz CT molecular complexity index is 920. The van der Waals surface area contributed by atoms with Gasteiger partial charge in [-0.1, -0.05) is 0 Å². The maximum atomic E-state index is 12.1. The Morgan fingerprint density at radius 1 is 1.07 bits per heavy atom. The summed E-state index contributed by atoms with van der Waals surface area (Å²) in [5.74, 6) is 0.210.